The van der Waals surface area contributed by atoms with Gasteiger partial charge in [-0.1, -0.05) is 30.3 Å². The fraction of sp³-hybridized carbons (Fsp3) is 0.556. The monoisotopic (exact) mass is 495 g/mol. The Morgan fingerprint density at radius 1 is 1.06 bits per heavy atom. The van der Waals surface area contributed by atoms with Gasteiger partial charge in [0, 0.05) is 12.5 Å². The highest BCUT2D eigenvalue weighted by molar-refractivity contribution is 5.95. The topological polar surface area (TPSA) is 123 Å². The van der Waals surface area contributed by atoms with Gasteiger partial charge < -0.3 is 25.4 Å². The van der Waals surface area contributed by atoms with E-state index in [1.165, 1.54) is 6.92 Å². The molecule has 1 aliphatic heterocycles. The van der Waals surface area contributed by atoms with Gasteiger partial charge in [0.25, 0.3) is 0 Å². The SMILES string of the molecule is CCOC(=O)C1=C(COC(=O)C23C[C@H]4C[C@@H](CC(NC(C)=O)(C4)C2)C3)NC(=O)N[C@H]1c1ccccc1. The number of urea groups is 1. The zero-order valence-electron chi connectivity index (χ0n) is 20.7. The molecule has 4 saturated carbocycles. The van der Waals surface area contributed by atoms with E-state index in [0.717, 1.165) is 37.7 Å². The zero-order chi connectivity index (χ0) is 25.5. The molecule has 1 aromatic rings. The van der Waals surface area contributed by atoms with Gasteiger partial charge >= 0.3 is 18.0 Å². The number of amides is 3. The molecule has 3 N–H and O–H groups in total. The van der Waals surface area contributed by atoms with Crippen LogP contribution in [0.4, 0.5) is 4.79 Å². The van der Waals surface area contributed by atoms with Crippen LogP contribution in [-0.4, -0.2) is 42.6 Å². The van der Waals surface area contributed by atoms with Gasteiger partial charge in [-0.15, -0.1) is 0 Å². The molecule has 0 unspecified atom stereocenters. The van der Waals surface area contributed by atoms with E-state index in [0.29, 0.717) is 18.3 Å². The van der Waals surface area contributed by atoms with Crippen molar-refractivity contribution in [2.75, 3.05) is 13.2 Å². The minimum Gasteiger partial charge on any atom is -0.463 e. The van der Waals surface area contributed by atoms with Crippen molar-refractivity contribution in [3.8, 4) is 0 Å². The summed E-state index contributed by atoms with van der Waals surface area (Å²) < 4.78 is 11.1. The summed E-state index contributed by atoms with van der Waals surface area (Å²) in [6, 6.07) is 7.92. The van der Waals surface area contributed by atoms with Crippen molar-refractivity contribution in [3.05, 3.63) is 47.2 Å². The smallest absolute Gasteiger partial charge is 0.338 e. The van der Waals surface area contributed by atoms with E-state index in [4.69, 9.17) is 9.47 Å². The average molecular weight is 496 g/mol. The number of rotatable bonds is 7. The molecule has 5 aliphatic rings. The molecule has 0 saturated heterocycles. The molecule has 192 valence electrons. The second-order valence-electron chi connectivity index (χ2n) is 10.8. The predicted octanol–water partition coefficient (Wildman–Crippen LogP) is 2.88. The van der Waals surface area contributed by atoms with Crippen molar-refractivity contribution in [2.45, 2.75) is 64.0 Å². The van der Waals surface area contributed by atoms with Gasteiger partial charge in [-0.2, -0.15) is 0 Å². The van der Waals surface area contributed by atoms with Crippen LogP contribution in [0.3, 0.4) is 0 Å². The van der Waals surface area contributed by atoms with Crippen molar-refractivity contribution >= 4 is 23.9 Å². The second-order valence-corrected chi connectivity index (χ2v) is 10.8. The Labute approximate surface area is 210 Å². The quantitative estimate of drug-likeness (QED) is 0.500. The maximum Gasteiger partial charge on any atom is 0.338 e. The Hall–Kier alpha value is -3.36. The standard InChI is InChI=1S/C27H33N3O6/c1-3-35-23(32)21-20(28-25(34)29-22(21)19-7-5-4-6-8-19)14-36-24(33)26-10-17-9-18(11-26)13-27(12-17,15-26)30-16(2)31/h4-8,17-18,22H,3,9-15H2,1-2H3,(H,30,31)(H2,28,29,34)/t17-,18-,22+,26?,27?/m1/s1. The lowest BCUT2D eigenvalue weighted by molar-refractivity contribution is -0.175. The van der Waals surface area contributed by atoms with Crippen molar-refractivity contribution in [2.24, 2.45) is 17.3 Å². The third-order valence-corrected chi connectivity index (χ3v) is 8.06. The third-order valence-electron chi connectivity index (χ3n) is 8.06. The summed E-state index contributed by atoms with van der Waals surface area (Å²) >= 11 is 0. The Balaban J connectivity index is 1.40. The highest BCUT2D eigenvalue weighted by atomic mass is 16.5. The summed E-state index contributed by atoms with van der Waals surface area (Å²) in [5, 5.41) is 8.60. The maximum atomic E-state index is 13.6. The summed E-state index contributed by atoms with van der Waals surface area (Å²) in [5.41, 5.74) is 0.146. The van der Waals surface area contributed by atoms with E-state index >= 15 is 0 Å². The first-order valence-corrected chi connectivity index (χ1v) is 12.7. The highest BCUT2D eigenvalue weighted by Crippen LogP contribution is 2.62. The molecule has 36 heavy (non-hydrogen) atoms. The molecule has 3 atom stereocenters. The first kappa shape index (κ1) is 24.3. The van der Waals surface area contributed by atoms with Gasteiger partial charge in [0.1, 0.15) is 6.61 Å². The van der Waals surface area contributed by atoms with Crippen LogP contribution in [-0.2, 0) is 23.9 Å². The van der Waals surface area contributed by atoms with Crippen LogP contribution in [0, 0.1) is 17.3 Å². The molecule has 9 nitrogen and oxygen atoms in total. The lowest BCUT2D eigenvalue weighted by atomic mass is 9.47. The van der Waals surface area contributed by atoms with Crippen LogP contribution in [0.25, 0.3) is 0 Å². The van der Waals surface area contributed by atoms with E-state index in [1.54, 1.807) is 6.92 Å². The zero-order valence-corrected chi connectivity index (χ0v) is 20.7. The predicted molar refractivity (Wildman–Crippen MR) is 129 cm³/mol. The Morgan fingerprint density at radius 2 is 1.75 bits per heavy atom. The molecule has 4 aliphatic carbocycles. The summed E-state index contributed by atoms with van der Waals surface area (Å²) in [6.45, 7) is 3.16. The Kier molecular flexibility index (Phi) is 6.26. The molecular formula is C27H33N3O6. The lowest BCUT2D eigenvalue weighted by Crippen LogP contribution is -2.64. The van der Waals surface area contributed by atoms with Gasteiger partial charge in [-0.3, -0.25) is 9.59 Å². The van der Waals surface area contributed by atoms with Crippen molar-refractivity contribution < 1.29 is 28.7 Å². The molecule has 4 fully saturated rings. The molecule has 4 bridgehead atoms. The van der Waals surface area contributed by atoms with Crippen LogP contribution in [0.15, 0.2) is 41.6 Å². The van der Waals surface area contributed by atoms with E-state index < -0.39 is 23.5 Å². The van der Waals surface area contributed by atoms with Gasteiger partial charge in [-0.25, -0.2) is 9.59 Å². The van der Waals surface area contributed by atoms with Crippen LogP contribution >= 0.6 is 0 Å². The van der Waals surface area contributed by atoms with Gasteiger partial charge in [0.2, 0.25) is 5.91 Å². The van der Waals surface area contributed by atoms with Crippen molar-refractivity contribution in [3.63, 3.8) is 0 Å². The molecule has 3 amide bonds. The summed E-state index contributed by atoms with van der Waals surface area (Å²) in [6.07, 6.45) is 4.93. The van der Waals surface area contributed by atoms with E-state index in [1.807, 2.05) is 30.3 Å². The number of hydrogen-bond donors (Lipinski definition) is 3. The summed E-state index contributed by atoms with van der Waals surface area (Å²) in [7, 11) is 0. The highest BCUT2D eigenvalue weighted by Gasteiger charge is 2.61. The molecule has 0 aromatic heterocycles. The minimum atomic E-state index is -0.727. The molecular weight excluding hydrogens is 462 g/mol. The lowest BCUT2D eigenvalue weighted by Gasteiger charge is -2.60. The normalized spacial score (nSPS) is 32.4. The average Bonchev–Trinajstić information content (AvgIpc) is 2.81. The number of carbonyl (C=O) groups is 4. The number of nitrogens with one attached hydrogen (secondary N) is 3. The van der Waals surface area contributed by atoms with Crippen LogP contribution in [0.2, 0.25) is 0 Å². The number of esters is 2. The van der Waals surface area contributed by atoms with E-state index in [2.05, 4.69) is 16.0 Å². The fourth-order valence-corrected chi connectivity index (χ4v) is 7.39. The molecule has 1 heterocycles. The first-order chi connectivity index (χ1) is 17.2. The van der Waals surface area contributed by atoms with Crippen LogP contribution in [0.5, 0.6) is 0 Å². The molecule has 1 aromatic carbocycles. The van der Waals surface area contributed by atoms with Gasteiger partial charge in [0.15, 0.2) is 0 Å². The molecule has 0 radical (unpaired) electrons. The fourth-order valence-electron chi connectivity index (χ4n) is 7.39. The largest absolute Gasteiger partial charge is 0.463 e. The summed E-state index contributed by atoms with van der Waals surface area (Å²) in [5.74, 6) is -0.230. The first-order valence-electron chi connectivity index (χ1n) is 12.7. The van der Waals surface area contributed by atoms with Crippen LogP contribution < -0.4 is 16.0 Å². The third kappa shape index (κ3) is 4.47. The van der Waals surface area contributed by atoms with Crippen molar-refractivity contribution in [1.82, 2.24) is 16.0 Å². The number of benzene rings is 1. The Bertz CT molecular complexity index is 1100. The second kappa shape index (κ2) is 9.26. The van der Waals surface area contributed by atoms with E-state index in [-0.39, 0.29) is 41.9 Å². The van der Waals surface area contributed by atoms with Gasteiger partial charge in [-0.05, 0) is 62.8 Å². The number of ether oxygens (including phenoxy) is 2. The van der Waals surface area contributed by atoms with Gasteiger partial charge in [0.05, 0.1) is 29.3 Å². The number of carbonyl (C=O) groups excluding carboxylic acids is 4. The molecule has 0 spiro atoms. The van der Waals surface area contributed by atoms with Crippen molar-refractivity contribution in [1.29, 1.82) is 0 Å². The Morgan fingerprint density at radius 3 is 2.39 bits per heavy atom. The maximum absolute atomic E-state index is 13.6. The number of hydrogen-bond acceptors (Lipinski definition) is 6. The van der Waals surface area contributed by atoms with E-state index in [9.17, 15) is 19.2 Å². The molecule has 9 heteroatoms. The van der Waals surface area contributed by atoms with Crippen LogP contribution in [0.1, 0.15) is 64.0 Å². The summed E-state index contributed by atoms with van der Waals surface area (Å²) in [4.78, 5) is 51.0. The molecule has 6 rings (SSSR count). The minimum absolute atomic E-state index is 0.0749.